The molecule has 134 valence electrons. The standard InChI is InChI=1S/C14H20ClNO2.C2H2O4/c1-16(2)10-8-14(17)12-4-6-13(7-5-12)18-11-3-9-15;3-1(4)2(5)6/h4-7H,3,8-11H2,1-2H3;(H,3,4)(H,5,6). The third-order valence-electron chi connectivity index (χ3n) is 2.69. The van der Waals surface area contributed by atoms with Crippen molar-refractivity contribution in [1.29, 1.82) is 0 Å². The zero-order valence-electron chi connectivity index (χ0n) is 13.7. The Labute approximate surface area is 145 Å². The van der Waals surface area contributed by atoms with Crippen LogP contribution in [0.25, 0.3) is 0 Å². The summed E-state index contributed by atoms with van der Waals surface area (Å²) in [5.74, 6) is -2.11. The van der Waals surface area contributed by atoms with Crippen LogP contribution < -0.4 is 4.74 Å². The SMILES string of the molecule is CN(C)CCC(=O)c1ccc(OCCCCl)cc1.O=C(O)C(=O)O. The summed E-state index contributed by atoms with van der Waals surface area (Å²) in [6.07, 6.45) is 1.37. The van der Waals surface area contributed by atoms with E-state index in [4.69, 9.17) is 36.1 Å². The first-order chi connectivity index (χ1) is 11.3. The minimum atomic E-state index is -1.82. The molecule has 0 fully saturated rings. The van der Waals surface area contributed by atoms with E-state index in [1.54, 1.807) is 0 Å². The molecule has 8 heteroatoms. The minimum absolute atomic E-state index is 0.163. The van der Waals surface area contributed by atoms with E-state index in [1.165, 1.54) is 0 Å². The number of carboxylic acids is 2. The van der Waals surface area contributed by atoms with Gasteiger partial charge in [-0.25, -0.2) is 9.59 Å². The summed E-state index contributed by atoms with van der Waals surface area (Å²) in [6.45, 7) is 1.38. The molecule has 0 aliphatic carbocycles. The van der Waals surface area contributed by atoms with Crippen LogP contribution in [0.3, 0.4) is 0 Å². The van der Waals surface area contributed by atoms with Crippen molar-refractivity contribution >= 4 is 29.3 Å². The maximum Gasteiger partial charge on any atom is 0.414 e. The van der Waals surface area contributed by atoms with Crippen LogP contribution in [0.15, 0.2) is 24.3 Å². The molecule has 0 bridgehead atoms. The third-order valence-corrected chi connectivity index (χ3v) is 2.96. The van der Waals surface area contributed by atoms with Crippen molar-refractivity contribution in [3.8, 4) is 5.75 Å². The van der Waals surface area contributed by atoms with Crippen LogP contribution in [-0.2, 0) is 9.59 Å². The summed E-state index contributed by atoms with van der Waals surface area (Å²) in [5.41, 5.74) is 0.738. The molecular formula is C16H22ClNO6. The first-order valence-corrected chi connectivity index (χ1v) is 7.74. The summed E-state index contributed by atoms with van der Waals surface area (Å²) >= 11 is 5.57. The number of ketones is 1. The Morgan fingerprint density at radius 3 is 2.04 bits per heavy atom. The van der Waals surface area contributed by atoms with Crippen molar-refractivity contribution in [1.82, 2.24) is 4.90 Å². The number of carbonyl (C=O) groups is 3. The number of carbonyl (C=O) groups excluding carboxylic acids is 1. The summed E-state index contributed by atoms with van der Waals surface area (Å²) < 4.78 is 5.48. The number of Topliss-reactive ketones (excluding diaryl/α,β-unsaturated/α-hetero) is 1. The van der Waals surface area contributed by atoms with Crippen LogP contribution in [0.4, 0.5) is 0 Å². The molecule has 0 saturated carbocycles. The fourth-order valence-corrected chi connectivity index (χ4v) is 1.56. The van der Waals surface area contributed by atoms with E-state index in [2.05, 4.69) is 0 Å². The number of rotatable bonds is 8. The average Bonchev–Trinajstić information content (AvgIpc) is 2.54. The van der Waals surface area contributed by atoms with Gasteiger partial charge in [0.25, 0.3) is 0 Å². The van der Waals surface area contributed by atoms with Gasteiger partial charge in [0, 0.05) is 24.4 Å². The lowest BCUT2D eigenvalue weighted by molar-refractivity contribution is -0.159. The molecule has 0 aliphatic rings. The highest BCUT2D eigenvalue weighted by molar-refractivity contribution is 6.27. The van der Waals surface area contributed by atoms with Crippen LogP contribution >= 0.6 is 11.6 Å². The van der Waals surface area contributed by atoms with Crippen LogP contribution in [0.5, 0.6) is 5.75 Å². The second-order valence-corrected chi connectivity index (χ2v) is 5.38. The molecule has 0 unspecified atom stereocenters. The molecule has 7 nitrogen and oxygen atoms in total. The molecule has 0 saturated heterocycles. The molecular weight excluding hydrogens is 338 g/mol. The van der Waals surface area contributed by atoms with E-state index in [0.29, 0.717) is 18.9 Å². The van der Waals surface area contributed by atoms with Gasteiger partial charge in [0.05, 0.1) is 6.61 Å². The number of halogens is 1. The maximum atomic E-state index is 11.8. The summed E-state index contributed by atoms with van der Waals surface area (Å²) in [7, 11) is 3.92. The molecule has 0 atom stereocenters. The van der Waals surface area contributed by atoms with E-state index in [9.17, 15) is 4.79 Å². The van der Waals surface area contributed by atoms with Gasteiger partial charge in [0.15, 0.2) is 5.78 Å². The van der Waals surface area contributed by atoms with E-state index in [1.807, 2.05) is 43.3 Å². The maximum absolute atomic E-state index is 11.8. The molecule has 2 N–H and O–H groups in total. The number of hydrogen-bond donors (Lipinski definition) is 2. The Hall–Kier alpha value is -2.12. The lowest BCUT2D eigenvalue weighted by Crippen LogP contribution is -2.16. The van der Waals surface area contributed by atoms with Crippen molar-refractivity contribution in [3.63, 3.8) is 0 Å². The second kappa shape index (κ2) is 12.3. The highest BCUT2D eigenvalue weighted by Gasteiger charge is 2.06. The number of ether oxygens (including phenoxy) is 1. The van der Waals surface area contributed by atoms with Gasteiger partial charge in [-0.05, 0) is 44.8 Å². The van der Waals surface area contributed by atoms with E-state index < -0.39 is 11.9 Å². The van der Waals surface area contributed by atoms with Crippen LogP contribution in [-0.4, -0.2) is 66.0 Å². The van der Waals surface area contributed by atoms with Crippen molar-refractivity contribution in [3.05, 3.63) is 29.8 Å². The van der Waals surface area contributed by atoms with Crippen molar-refractivity contribution < 1.29 is 29.3 Å². The summed E-state index contributed by atoms with van der Waals surface area (Å²) in [6, 6.07) is 7.29. The topological polar surface area (TPSA) is 104 Å². The van der Waals surface area contributed by atoms with Crippen LogP contribution in [0.2, 0.25) is 0 Å². The number of aliphatic carboxylic acids is 2. The molecule has 0 spiro atoms. The van der Waals surface area contributed by atoms with Gasteiger partial charge in [0.1, 0.15) is 5.75 Å². The highest BCUT2D eigenvalue weighted by Crippen LogP contribution is 2.14. The molecule has 1 aromatic carbocycles. The number of alkyl halides is 1. The molecule has 0 aliphatic heterocycles. The van der Waals surface area contributed by atoms with Crippen molar-refractivity contribution in [2.24, 2.45) is 0 Å². The normalized spacial score (nSPS) is 9.83. The molecule has 0 radical (unpaired) electrons. The van der Waals surface area contributed by atoms with Gasteiger partial charge in [-0.1, -0.05) is 0 Å². The zero-order valence-corrected chi connectivity index (χ0v) is 14.5. The van der Waals surface area contributed by atoms with Crippen LogP contribution in [0.1, 0.15) is 23.2 Å². The van der Waals surface area contributed by atoms with Gasteiger partial charge in [-0.2, -0.15) is 0 Å². The zero-order chi connectivity index (χ0) is 18.5. The Morgan fingerprint density at radius 1 is 1.08 bits per heavy atom. The molecule has 0 heterocycles. The van der Waals surface area contributed by atoms with Gasteiger partial charge < -0.3 is 19.8 Å². The molecule has 1 rings (SSSR count). The van der Waals surface area contributed by atoms with E-state index >= 15 is 0 Å². The van der Waals surface area contributed by atoms with Gasteiger partial charge in [-0.3, -0.25) is 4.79 Å². The number of carboxylic acid groups (broad SMARTS) is 2. The number of hydrogen-bond acceptors (Lipinski definition) is 5. The highest BCUT2D eigenvalue weighted by atomic mass is 35.5. The Morgan fingerprint density at radius 2 is 1.62 bits per heavy atom. The smallest absolute Gasteiger partial charge is 0.414 e. The fraction of sp³-hybridized carbons (Fsp3) is 0.438. The minimum Gasteiger partial charge on any atom is -0.494 e. The average molecular weight is 360 g/mol. The third kappa shape index (κ3) is 10.6. The Bertz CT molecular complexity index is 518. The monoisotopic (exact) mass is 359 g/mol. The molecule has 0 amide bonds. The van der Waals surface area contributed by atoms with Crippen molar-refractivity contribution in [2.45, 2.75) is 12.8 Å². The first kappa shape index (κ1) is 21.9. The largest absolute Gasteiger partial charge is 0.494 e. The van der Waals surface area contributed by atoms with Crippen LogP contribution in [0, 0.1) is 0 Å². The fourth-order valence-electron chi connectivity index (χ4n) is 1.45. The second-order valence-electron chi connectivity index (χ2n) is 5.00. The number of benzene rings is 1. The van der Waals surface area contributed by atoms with Gasteiger partial charge >= 0.3 is 11.9 Å². The van der Waals surface area contributed by atoms with E-state index in [-0.39, 0.29) is 5.78 Å². The molecule has 0 aromatic heterocycles. The van der Waals surface area contributed by atoms with Gasteiger partial charge in [0.2, 0.25) is 0 Å². The first-order valence-electron chi connectivity index (χ1n) is 7.21. The summed E-state index contributed by atoms with van der Waals surface area (Å²) in [5, 5.41) is 14.8. The quantitative estimate of drug-likeness (QED) is 0.316. The lowest BCUT2D eigenvalue weighted by atomic mass is 10.1. The predicted octanol–water partition coefficient (Wildman–Crippen LogP) is 1.98. The Balaban J connectivity index is 0.000000754. The predicted molar refractivity (Wildman–Crippen MR) is 90.0 cm³/mol. The lowest BCUT2D eigenvalue weighted by Gasteiger charge is -2.09. The Kier molecular flexibility index (Phi) is 11.2. The summed E-state index contributed by atoms with van der Waals surface area (Å²) in [4.78, 5) is 32.0. The number of nitrogens with zero attached hydrogens (tertiary/aromatic N) is 1. The van der Waals surface area contributed by atoms with Crippen molar-refractivity contribution in [2.75, 3.05) is 33.1 Å². The van der Waals surface area contributed by atoms with E-state index in [0.717, 1.165) is 24.3 Å². The molecule has 1 aromatic rings. The molecule has 24 heavy (non-hydrogen) atoms. The van der Waals surface area contributed by atoms with Gasteiger partial charge in [-0.15, -0.1) is 11.6 Å².